The van der Waals surface area contributed by atoms with Crippen molar-refractivity contribution >= 4 is 8.80 Å². The first-order valence-corrected chi connectivity index (χ1v) is 7.80. The Morgan fingerprint density at radius 2 is 1.88 bits per heavy atom. The number of imidazole rings is 1. The van der Waals surface area contributed by atoms with Crippen LogP contribution in [-0.4, -0.2) is 39.7 Å². The lowest BCUT2D eigenvalue weighted by molar-refractivity contribution is 0.123. The molecule has 0 aliphatic carbocycles. The van der Waals surface area contributed by atoms with Crippen LogP contribution in [-0.2, 0) is 26.2 Å². The fraction of sp³-hybridized carbons (Fsp3) is 0.727. The van der Waals surface area contributed by atoms with Crippen LogP contribution < -0.4 is 0 Å². The Hall–Kier alpha value is -0.693. The van der Waals surface area contributed by atoms with Gasteiger partial charge < -0.3 is 17.8 Å². The summed E-state index contributed by atoms with van der Waals surface area (Å²) in [4.78, 5) is 4.34. The molecule has 1 rings (SSSR count). The Morgan fingerprint density at radius 1 is 1.24 bits per heavy atom. The lowest BCUT2D eigenvalue weighted by atomic mass is 10.3. The molecular formula is C11H22N2O3Si. The van der Waals surface area contributed by atoms with E-state index in [9.17, 15) is 0 Å². The van der Waals surface area contributed by atoms with Crippen LogP contribution in [0.15, 0.2) is 12.4 Å². The van der Waals surface area contributed by atoms with Crippen molar-refractivity contribution in [3.8, 4) is 0 Å². The number of aromatic nitrogens is 2. The summed E-state index contributed by atoms with van der Waals surface area (Å²) in [5, 5.41) is 0. The monoisotopic (exact) mass is 258 g/mol. The molecule has 0 aliphatic rings. The van der Waals surface area contributed by atoms with Crippen LogP contribution in [0.25, 0.3) is 0 Å². The molecule has 0 bridgehead atoms. The van der Waals surface area contributed by atoms with E-state index in [1.807, 2.05) is 12.4 Å². The van der Waals surface area contributed by atoms with Crippen LogP contribution in [0.2, 0.25) is 6.04 Å². The maximum Gasteiger partial charge on any atom is 0.500 e. The molecule has 98 valence electrons. The van der Waals surface area contributed by atoms with Gasteiger partial charge in [0.05, 0.1) is 0 Å². The highest BCUT2D eigenvalue weighted by atomic mass is 28.4. The molecule has 0 aromatic carbocycles. The molecule has 0 atom stereocenters. The molecule has 0 unspecified atom stereocenters. The topological polar surface area (TPSA) is 45.5 Å². The van der Waals surface area contributed by atoms with Crippen LogP contribution in [0.1, 0.15) is 19.2 Å². The smallest absolute Gasteiger partial charge is 0.377 e. The van der Waals surface area contributed by atoms with E-state index < -0.39 is 8.80 Å². The molecule has 6 heteroatoms. The molecule has 17 heavy (non-hydrogen) atoms. The lowest BCUT2D eigenvalue weighted by Crippen LogP contribution is -2.42. The van der Waals surface area contributed by atoms with Gasteiger partial charge in [-0.15, -0.1) is 0 Å². The first-order chi connectivity index (χ1) is 8.21. The maximum atomic E-state index is 5.38. The standard InChI is InChI=1S/C11H22N2O3Si/c1-5-13-9-8-12-11(13)7-6-10-17(14-2,15-3)16-4/h8-9H,5-7,10H2,1-4H3. The van der Waals surface area contributed by atoms with Crippen molar-refractivity contribution in [3.05, 3.63) is 18.2 Å². The molecule has 0 spiro atoms. The third kappa shape index (κ3) is 3.63. The van der Waals surface area contributed by atoms with Gasteiger partial charge in [-0.1, -0.05) is 0 Å². The summed E-state index contributed by atoms with van der Waals surface area (Å²) < 4.78 is 18.3. The Kier molecular flexibility index (Phi) is 5.83. The van der Waals surface area contributed by atoms with Gasteiger partial charge in [-0.05, 0) is 13.3 Å². The summed E-state index contributed by atoms with van der Waals surface area (Å²) in [5.74, 6) is 1.11. The molecule has 1 aromatic heterocycles. The molecule has 5 nitrogen and oxygen atoms in total. The minimum Gasteiger partial charge on any atom is -0.377 e. The summed E-state index contributed by atoms with van der Waals surface area (Å²) >= 11 is 0. The van der Waals surface area contributed by atoms with Crippen LogP contribution in [0.4, 0.5) is 0 Å². The molecule has 0 amide bonds. The van der Waals surface area contributed by atoms with Gasteiger partial charge in [0.2, 0.25) is 0 Å². The van der Waals surface area contributed by atoms with Crippen molar-refractivity contribution in [1.29, 1.82) is 0 Å². The van der Waals surface area contributed by atoms with Crippen molar-refractivity contribution in [1.82, 2.24) is 9.55 Å². The van der Waals surface area contributed by atoms with Crippen molar-refractivity contribution < 1.29 is 13.3 Å². The van der Waals surface area contributed by atoms with Crippen LogP contribution in [0.3, 0.4) is 0 Å². The van der Waals surface area contributed by atoms with Crippen LogP contribution in [0, 0.1) is 0 Å². The second-order valence-corrected chi connectivity index (χ2v) is 6.87. The highest BCUT2D eigenvalue weighted by Crippen LogP contribution is 2.16. The Morgan fingerprint density at radius 3 is 2.41 bits per heavy atom. The normalized spacial score (nSPS) is 12.0. The fourth-order valence-electron chi connectivity index (χ4n) is 1.88. The number of aryl methyl sites for hydroxylation is 2. The predicted octanol–water partition coefficient (Wildman–Crippen LogP) is 1.71. The molecule has 1 heterocycles. The van der Waals surface area contributed by atoms with E-state index >= 15 is 0 Å². The van der Waals surface area contributed by atoms with E-state index in [0.717, 1.165) is 31.3 Å². The first kappa shape index (κ1) is 14.4. The Labute approximate surface area is 104 Å². The fourth-order valence-corrected chi connectivity index (χ4v) is 3.60. The summed E-state index contributed by atoms with van der Waals surface area (Å²) in [6.07, 6.45) is 5.72. The van der Waals surface area contributed by atoms with Crippen molar-refractivity contribution in [3.63, 3.8) is 0 Å². The van der Waals surface area contributed by atoms with E-state index in [1.165, 1.54) is 0 Å². The average molecular weight is 258 g/mol. The second-order valence-electron chi connectivity index (χ2n) is 3.78. The third-order valence-electron chi connectivity index (χ3n) is 2.96. The Bertz CT molecular complexity index is 318. The third-order valence-corrected chi connectivity index (χ3v) is 5.79. The minimum atomic E-state index is -2.42. The number of rotatable bonds is 8. The molecule has 0 saturated heterocycles. The molecule has 0 aliphatic heterocycles. The van der Waals surface area contributed by atoms with Crippen LogP contribution >= 0.6 is 0 Å². The predicted molar refractivity (Wildman–Crippen MR) is 67.8 cm³/mol. The second kappa shape index (κ2) is 6.90. The summed E-state index contributed by atoms with van der Waals surface area (Å²) in [6.45, 7) is 3.07. The molecule has 0 fully saturated rings. The maximum absolute atomic E-state index is 5.38. The molecule has 0 N–H and O–H groups in total. The molecule has 0 saturated carbocycles. The van der Waals surface area contributed by atoms with E-state index in [-0.39, 0.29) is 0 Å². The highest BCUT2D eigenvalue weighted by molar-refractivity contribution is 6.60. The van der Waals surface area contributed by atoms with E-state index in [2.05, 4.69) is 16.5 Å². The SMILES string of the molecule is CCn1ccnc1CCC[Si](OC)(OC)OC. The zero-order chi connectivity index (χ0) is 12.7. The van der Waals surface area contributed by atoms with Gasteiger partial charge in [-0.2, -0.15) is 0 Å². The van der Waals surface area contributed by atoms with Crippen LogP contribution in [0.5, 0.6) is 0 Å². The minimum absolute atomic E-state index is 0.813. The van der Waals surface area contributed by atoms with Gasteiger partial charge >= 0.3 is 8.80 Å². The number of nitrogens with zero attached hydrogens (tertiary/aromatic N) is 2. The average Bonchev–Trinajstić information content (AvgIpc) is 2.83. The first-order valence-electron chi connectivity index (χ1n) is 5.86. The van der Waals surface area contributed by atoms with Crippen molar-refractivity contribution in [2.75, 3.05) is 21.3 Å². The van der Waals surface area contributed by atoms with Crippen molar-refractivity contribution in [2.45, 2.75) is 32.4 Å². The van der Waals surface area contributed by atoms with Gasteiger partial charge in [0.1, 0.15) is 5.82 Å². The molecule has 1 aromatic rings. The summed E-state index contributed by atoms with van der Waals surface area (Å²) in [7, 11) is 2.52. The summed E-state index contributed by atoms with van der Waals surface area (Å²) in [5.41, 5.74) is 0. The van der Waals surface area contributed by atoms with E-state index in [4.69, 9.17) is 13.3 Å². The number of hydrogen-bond acceptors (Lipinski definition) is 4. The molecule has 0 radical (unpaired) electrons. The van der Waals surface area contributed by atoms with Gasteiger partial charge in [-0.25, -0.2) is 4.98 Å². The highest BCUT2D eigenvalue weighted by Gasteiger charge is 2.36. The molecular weight excluding hydrogens is 236 g/mol. The zero-order valence-electron chi connectivity index (χ0n) is 11.1. The van der Waals surface area contributed by atoms with Gasteiger partial charge in [-0.3, -0.25) is 0 Å². The van der Waals surface area contributed by atoms with Gasteiger partial charge in [0.15, 0.2) is 0 Å². The van der Waals surface area contributed by atoms with E-state index in [0.29, 0.717) is 0 Å². The summed E-state index contributed by atoms with van der Waals surface area (Å²) in [6, 6.07) is 0.813. The quantitative estimate of drug-likeness (QED) is 0.666. The largest absolute Gasteiger partial charge is 0.500 e. The van der Waals surface area contributed by atoms with E-state index in [1.54, 1.807) is 21.3 Å². The van der Waals surface area contributed by atoms with Gasteiger partial charge in [0, 0.05) is 52.7 Å². The Balaban J connectivity index is 2.46. The van der Waals surface area contributed by atoms with Gasteiger partial charge in [0.25, 0.3) is 0 Å². The number of hydrogen-bond donors (Lipinski definition) is 0. The lowest BCUT2D eigenvalue weighted by Gasteiger charge is -2.24. The van der Waals surface area contributed by atoms with Crippen molar-refractivity contribution in [2.24, 2.45) is 0 Å². The zero-order valence-corrected chi connectivity index (χ0v) is 12.1.